The van der Waals surface area contributed by atoms with Gasteiger partial charge in [-0.2, -0.15) is 9.90 Å². The predicted molar refractivity (Wildman–Crippen MR) is 85.5 cm³/mol. The minimum Gasteiger partial charge on any atom is -0.453 e. The maximum atomic E-state index is 12.1. The standard InChI is InChI=1S/C14H15N7O3/c1-8-16-10-4-3-9(5-11(10)17-8)18-13(22)7-21-15-6-12(20-21)19-14(23)24-2/h3-6H,7H2,1-2H3,(H,16,17)(H,18,22)(H,19,20,23). The van der Waals surface area contributed by atoms with Gasteiger partial charge in [-0.3, -0.25) is 10.1 Å². The molecule has 2 aromatic heterocycles. The minimum absolute atomic E-state index is 0.0944. The maximum absolute atomic E-state index is 12.1. The van der Waals surface area contributed by atoms with Gasteiger partial charge in [0.1, 0.15) is 12.4 Å². The molecular weight excluding hydrogens is 314 g/mol. The van der Waals surface area contributed by atoms with E-state index in [4.69, 9.17) is 0 Å². The summed E-state index contributed by atoms with van der Waals surface area (Å²) >= 11 is 0. The molecule has 0 aliphatic carbocycles. The summed E-state index contributed by atoms with van der Waals surface area (Å²) in [6, 6.07) is 5.38. The lowest BCUT2D eigenvalue weighted by atomic mass is 10.3. The van der Waals surface area contributed by atoms with Crippen molar-refractivity contribution >= 4 is 34.5 Å². The normalized spacial score (nSPS) is 10.6. The van der Waals surface area contributed by atoms with Gasteiger partial charge in [-0.15, -0.1) is 5.10 Å². The molecule has 24 heavy (non-hydrogen) atoms. The topological polar surface area (TPSA) is 127 Å². The van der Waals surface area contributed by atoms with Crippen molar-refractivity contribution in [2.75, 3.05) is 17.7 Å². The van der Waals surface area contributed by atoms with Gasteiger partial charge in [-0.05, 0) is 25.1 Å². The first kappa shape index (κ1) is 15.5. The summed E-state index contributed by atoms with van der Waals surface area (Å²) in [6.07, 6.45) is 0.665. The van der Waals surface area contributed by atoms with Crippen LogP contribution in [0, 0.1) is 6.92 Å². The van der Waals surface area contributed by atoms with E-state index in [1.54, 1.807) is 12.1 Å². The molecule has 3 rings (SSSR count). The molecule has 2 amide bonds. The Morgan fingerprint density at radius 3 is 2.96 bits per heavy atom. The van der Waals surface area contributed by atoms with Gasteiger partial charge in [0.05, 0.1) is 24.3 Å². The van der Waals surface area contributed by atoms with Gasteiger partial charge < -0.3 is 15.0 Å². The molecule has 0 radical (unpaired) electrons. The van der Waals surface area contributed by atoms with Gasteiger partial charge in [-0.25, -0.2) is 9.78 Å². The molecule has 0 fully saturated rings. The summed E-state index contributed by atoms with van der Waals surface area (Å²) in [5, 5.41) is 13.0. The number of nitrogens with one attached hydrogen (secondary N) is 3. The van der Waals surface area contributed by atoms with Crippen molar-refractivity contribution in [1.82, 2.24) is 25.0 Å². The first-order valence-corrected chi connectivity index (χ1v) is 7.05. The Bertz CT molecular complexity index is 899. The van der Waals surface area contributed by atoms with E-state index in [1.807, 2.05) is 13.0 Å². The number of imidazole rings is 1. The van der Waals surface area contributed by atoms with Crippen LogP contribution in [-0.2, 0) is 16.1 Å². The van der Waals surface area contributed by atoms with E-state index in [-0.39, 0.29) is 18.3 Å². The summed E-state index contributed by atoms with van der Waals surface area (Å²) in [6.45, 7) is 1.77. The number of anilines is 2. The van der Waals surface area contributed by atoms with Gasteiger partial charge in [0.2, 0.25) is 5.91 Å². The molecule has 0 bridgehead atoms. The number of hydrogen-bond acceptors (Lipinski definition) is 6. The zero-order chi connectivity index (χ0) is 17.1. The number of ether oxygens (including phenoxy) is 1. The quantitative estimate of drug-likeness (QED) is 0.662. The summed E-state index contributed by atoms with van der Waals surface area (Å²) in [4.78, 5) is 31.7. The Morgan fingerprint density at radius 2 is 2.17 bits per heavy atom. The monoisotopic (exact) mass is 329 g/mol. The highest BCUT2D eigenvalue weighted by Crippen LogP contribution is 2.17. The number of H-pyrrole nitrogens is 1. The van der Waals surface area contributed by atoms with E-state index in [1.165, 1.54) is 18.1 Å². The van der Waals surface area contributed by atoms with Crippen molar-refractivity contribution in [3.63, 3.8) is 0 Å². The zero-order valence-electron chi connectivity index (χ0n) is 13.0. The number of benzene rings is 1. The van der Waals surface area contributed by atoms with Crippen LogP contribution < -0.4 is 10.6 Å². The minimum atomic E-state index is -0.658. The van der Waals surface area contributed by atoms with Crippen LogP contribution in [0.1, 0.15) is 5.82 Å². The molecule has 0 unspecified atom stereocenters. The average molecular weight is 329 g/mol. The van der Waals surface area contributed by atoms with Gasteiger partial charge >= 0.3 is 6.09 Å². The van der Waals surface area contributed by atoms with Crippen molar-refractivity contribution in [2.45, 2.75) is 13.5 Å². The molecule has 10 nitrogen and oxygen atoms in total. The second-order valence-electron chi connectivity index (χ2n) is 4.98. The highest BCUT2D eigenvalue weighted by molar-refractivity contribution is 5.92. The van der Waals surface area contributed by atoms with E-state index >= 15 is 0 Å². The second kappa shape index (κ2) is 6.36. The molecule has 1 aromatic carbocycles. The molecular formula is C14H15N7O3. The average Bonchev–Trinajstić information content (AvgIpc) is 3.11. The van der Waals surface area contributed by atoms with Crippen LogP contribution in [0.3, 0.4) is 0 Å². The van der Waals surface area contributed by atoms with Crippen LogP contribution in [0.5, 0.6) is 0 Å². The van der Waals surface area contributed by atoms with Crippen LogP contribution in [0.15, 0.2) is 24.4 Å². The van der Waals surface area contributed by atoms with Gasteiger partial charge in [0, 0.05) is 5.69 Å². The zero-order valence-corrected chi connectivity index (χ0v) is 13.0. The summed E-state index contributed by atoms with van der Waals surface area (Å²) in [7, 11) is 1.24. The van der Waals surface area contributed by atoms with Crippen molar-refractivity contribution in [2.24, 2.45) is 0 Å². The first-order valence-electron chi connectivity index (χ1n) is 7.05. The van der Waals surface area contributed by atoms with Crippen molar-refractivity contribution < 1.29 is 14.3 Å². The molecule has 0 saturated carbocycles. The largest absolute Gasteiger partial charge is 0.453 e. The lowest BCUT2D eigenvalue weighted by molar-refractivity contribution is -0.117. The summed E-state index contributed by atoms with van der Waals surface area (Å²) < 4.78 is 4.45. The van der Waals surface area contributed by atoms with E-state index in [0.717, 1.165) is 16.9 Å². The fourth-order valence-corrected chi connectivity index (χ4v) is 2.13. The number of rotatable bonds is 4. The molecule has 3 N–H and O–H groups in total. The summed E-state index contributed by atoms with van der Waals surface area (Å²) in [5.41, 5.74) is 2.31. The number of fused-ring (bicyclic) bond motifs is 1. The fourth-order valence-electron chi connectivity index (χ4n) is 2.13. The van der Waals surface area contributed by atoms with Crippen molar-refractivity contribution in [3.8, 4) is 0 Å². The molecule has 0 atom stereocenters. The molecule has 0 saturated heterocycles. The van der Waals surface area contributed by atoms with E-state index in [9.17, 15) is 9.59 Å². The third-order valence-electron chi connectivity index (χ3n) is 3.12. The highest BCUT2D eigenvalue weighted by atomic mass is 16.5. The van der Waals surface area contributed by atoms with E-state index in [2.05, 4.69) is 35.5 Å². The smallest absolute Gasteiger partial charge is 0.412 e. The molecule has 10 heteroatoms. The number of hydrogen-bond donors (Lipinski definition) is 3. The van der Waals surface area contributed by atoms with Crippen molar-refractivity contribution in [1.29, 1.82) is 0 Å². The third-order valence-corrected chi connectivity index (χ3v) is 3.12. The van der Waals surface area contributed by atoms with Crippen LogP contribution in [0.25, 0.3) is 11.0 Å². The maximum Gasteiger partial charge on any atom is 0.412 e. The molecule has 0 spiro atoms. The Morgan fingerprint density at radius 1 is 1.33 bits per heavy atom. The van der Waals surface area contributed by atoms with Crippen LogP contribution in [0.2, 0.25) is 0 Å². The Kier molecular flexibility index (Phi) is 4.10. The first-order chi connectivity index (χ1) is 11.5. The number of carbonyl (C=O) groups excluding carboxylic acids is 2. The van der Waals surface area contributed by atoms with E-state index < -0.39 is 6.09 Å². The number of aromatic amines is 1. The number of amides is 2. The van der Waals surface area contributed by atoms with Crippen molar-refractivity contribution in [3.05, 3.63) is 30.2 Å². The van der Waals surface area contributed by atoms with E-state index in [0.29, 0.717) is 5.69 Å². The molecule has 124 valence electrons. The summed E-state index contributed by atoms with van der Waals surface area (Å²) in [5.74, 6) is 0.703. The molecule has 0 aliphatic heterocycles. The van der Waals surface area contributed by atoms with Gasteiger partial charge in [-0.1, -0.05) is 0 Å². The number of aromatic nitrogens is 5. The number of aryl methyl sites for hydroxylation is 1. The van der Waals surface area contributed by atoms with Crippen LogP contribution in [-0.4, -0.2) is 44.1 Å². The fraction of sp³-hybridized carbons (Fsp3) is 0.214. The SMILES string of the molecule is COC(=O)Nc1cnn(CC(=O)Nc2ccc3nc(C)[nH]c3c2)n1. The predicted octanol–water partition coefficient (Wildman–Crippen LogP) is 1.28. The van der Waals surface area contributed by atoms with Gasteiger partial charge in [0.25, 0.3) is 0 Å². The Balaban J connectivity index is 1.63. The Hall–Kier alpha value is -3.43. The number of methoxy groups -OCH3 is 1. The second-order valence-corrected chi connectivity index (χ2v) is 4.98. The molecule has 3 aromatic rings. The number of nitrogens with zero attached hydrogens (tertiary/aromatic N) is 4. The highest BCUT2D eigenvalue weighted by Gasteiger charge is 2.09. The lowest BCUT2D eigenvalue weighted by Crippen LogP contribution is -2.20. The third kappa shape index (κ3) is 3.48. The Labute approximate surface area is 136 Å². The molecule has 0 aliphatic rings. The number of carbonyl (C=O) groups is 2. The molecule has 2 heterocycles. The van der Waals surface area contributed by atoms with Crippen LogP contribution in [0.4, 0.5) is 16.3 Å². The lowest BCUT2D eigenvalue weighted by Gasteiger charge is -2.04. The van der Waals surface area contributed by atoms with Crippen LogP contribution >= 0.6 is 0 Å². The van der Waals surface area contributed by atoms with Gasteiger partial charge in [0.15, 0.2) is 5.82 Å².